The highest BCUT2D eigenvalue weighted by molar-refractivity contribution is 5.65. The fraction of sp³-hybridized carbons (Fsp3) is 0.103. The van der Waals surface area contributed by atoms with Gasteiger partial charge in [-0.1, -0.05) is 36.4 Å². The molecule has 4 rings (SSSR count). The molecule has 0 unspecified atom stereocenters. The molecule has 0 aliphatic heterocycles. The van der Waals surface area contributed by atoms with E-state index < -0.39 is 5.41 Å². The van der Waals surface area contributed by atoms with E-state index in [2.05, 4.69) is 18.1 Å². The Morgan fingerprint density at radius 3 is 1.36 bits per heavy atom. The zero-order chi connectivity index (χ0) is 23.3. The van der Waals surface area contributed by atoms with Gasteiger partial charge in [-0.15, -0.1) is 0 Å². The van der Waals surface area contributed by atoms with Gasteiger partial charge in [0.1, 0.15) is 34.9 Å². The number of hydrogen-bond acceptors (Lipinski definition) is 4. The molecule has 33 heavy (non-hydrogen) atoms. The van der Waals surface area contributed by atoms with Crippen LogP contribution in [0.2, 0.25) is 0 Å². The van der Waals surface area contributed by atoms with E-state index in [4.69, 9.17) is 14.6 Å². The van der Waals surface area contributed by atoms with Gasteiger partial charge in [0, 0.05) is 0 Å². The highest BCUT2D eigenvalue weighted by Gasteiger charge is 2.17. The zero-order valence-corrected chi connectivity index (χ0v) is 18.4. The van der Waals surface area contributed by atoms with E-state index in [0.717, 1.165) is 22.4 Å². The van der Waals surface area contributed by atoms with Crippen molar-refractivity contribution in [2.24, 2.45) is 0 Å². The van der Waals surface area contributed by atoms with Crippen LogP contribution in [-0.4, -0.2) is 10.2 Å². The fourth-order valence-corrected chi connectivity index (χ4v) is 3.37. The first-order valence-corrected chi connectivity index (χ1v) is 10.5. The summed E-state index contributed by atoms with van der Waals surface area (Å²) in [5.74, 6) is 5.79. The normalized spacial score (nSPS) is 10.7. The Morgan fingerprint density at radius 1 is 0.576 bits per heavy atom. The van der Waals surface area contributed by atoms with E-state index in [1.807, 2.05) is 80.6 Å². The highest BCUT2D eigenvalue weighted by atomic mass is 16.5. The first-order valence-electron chi connectivity index (χ1n) is 10.5. The maximum Gasteiger partial charge on any atom is 0.127 e. The maximum absolute atomic E-state index is 9.36. The molecule has 0 radical (unpaired) electrons. The molecule has 4 aromatic carbocycles. The van der Waals surface area contributed by atoms with Gasteiger partial charge >= 0.3 is 0 Å². The lowest BCUT2D eigenvalue weighted by atomic mass is 9.85. The number of benzene rings is 4. The smallest absolute Gasteiger partial charge is 0.127 e. The molecule has 0 spiro atoms. The number of ether oxygens (including phenoxy) is 2. The van der Waals surface area contributed by atoms with Crippen molar-refractivity contribution < 1.29 is 19.7 Å². The van der Waals surface area contributed by atoms with Gasteiger partial charge in [0.05, 0.1) is 5.41 Å². The van der Waals surface area contributed by atoms with Crippen LogP contribution in [0.4, 0.5) is 0 Å². The van der Waals surface area contributed by atoms with Crippen LogP contribution in [0.5, 0.6) is 28.7 Å². The topological polar surface area (TPSA) is 58.9 Å². The molecule has 4 heteroatoms. The van der Waals surface area contributed by atoms with Gasteiger partial charge in [-0.3, -0.25) is 0 Å². The van der Waals surface area contributed by atoms with Gasteiger partial charge < -0.3 is 19.7 Å². The standard InChI is InChI=1S/C29H24O4/c1-29(2,19-20-30)23-7-3-21(4-8-23)22-5-11-25(12-6-22)32-27-15-17-28(18-16-27)33-26-13-9-24(31)10-14-26/h3-18,30-31H,1-2H3. The van der Waals surface area contributed by atoms with Gasteiger partial charge in [0.25, 0.3) is 0 Å². The molecule has 2 N–H and O–H groups in total. The first kappa shape index (κ1) is 21.9. The summed E-state index contributed by atoms with van der Waals surface area (Å²) in [4.78, 5) is 0. The molecule has 0 bridgehead atoms. The molecule has 0 amide bonds. The lowest BCUT2D eigenvalue weighted by Gasteiger charge is -2.18. The quantitative estimate of drug-likeness (QED) is 0.312. The predicted molar refractivity (Wildman–Crippen MR) is 129 cm³/mol. The third-order valence-electron chi connectivity index (χ3n) is 5.29. The molecule has 0 heterocycles. The molecule has 0 saturated carbocycles. The molecule has 164 valence electrons. The van der Waals surface area contributed by atoms with Crippen molar-refractivity contribution in [2.45, 2.75) is 19.3 Å². The number of phenols is 1. The SMILES string of the molecule is CC(C)(C#CO)c1ccc(-c2ccc(Oc3ccc(Oc4ccc(O)cc4)cc3)cc2)cc1. The van der Waals surface area contributed by atoms with E-state index >= 15 is 0 Å². The zero-order valence-electron chi connectivity index (χ0n) is 18.4. The summed E-state index contributed by atoms with van der Waals surface area (Å²) in [6.45, 7) is 3.95. The van der Waals surface area contributed by atoms with Gasteiger partial charge in [-0.25, -0.2) is 0 Å². The Balaban J connectivity index is 1.40. The van der Waals surface area contributed by atoms with Crippen molar-refractivity contribution in [3.63, 3.8) is 0 Å². The Kier molecular flexibility index (Phi) is 6.24. The van der Waals surface area contributed by atoms with Crippen LogP contribution in [-0.2, 0) is 5.41 Å². The molecule has 0 atom stereocenters. The van der Waals surface area contributed by atoms with Crippen molar-refractivity contribution in [3.05, 3.63) is 103 Å². The number of phenolic OH excluding ortho intramolecular Hbond substituents is 1. The third-order valence-corrected chi connectivity index (χ3v) is 5.29. The van der Waals surface area contributed by atoms with Crippen molar-refractivity contribution in [1.82, 2.24) is 0 Å². The van der Waals surface area contributed by atoms with E-state index in [1.165, 1.54) is 0 Å². The maximum atomic E-state index is 9.36. The minimum absolute atomic E-state index is 0.200. The van der Waals surface area contributed by atoms with Gasteiger partial charge in [-0.2, -0.15) is 0 Å². The lowest BCUT2D eigenvalue weighted by Crippen LogP contribution is -2.13. The summed E-state index contributed by atoms with van der Waals surface area (Å²) in [7, 11) is 0. The summed E-state index contributed by atoms with van der Waals surface area (Å²) < 4.78 is 11.7. The molecule has 0 saturated heterocycles. The number of hydrogen-bond donors (Lipinski definition) is 2. The summed E-state index contributed by atoms with van der Waals surface area (Å²) in [5, 5.41) is 18.3. The molecule has 4 aromatic rings. The summed E-state index contributed by atoms with van der Waals surface area (Å²) in [5.41, 5.74) is 2.81. The first-order chi connectivity index (χ1) is 15.9. The van der Waals surface area contributed by atoms with E-state index in [0.29, 0.717) is 17.2 Å². The number of aromatic hydroxyl groups is 1. The fourth-order valence-electron chi connectivity index (χ4n) is 3.37. The van der Waals surface area contributed by atoms with Crippen LogP contribution in [0.3, 0.4) is 0 Å². The van der Waals surface area contributed by atoms with Gasteiger partial charge in [0.2, 0.25) is 0 Å². The van der Waals surface area contributed by atoms with Crippen LogP contribution in [0, 0.1) is 12.0 Å². The van der Waals surface area contributed by atoms with Gasteiger partial charge in [-0.05, 0) is 97.1 Å². The van der Waals surface area contributed by atoms with Crippen LogP contribution < -0.4 is 9.47 Å². The summed E-state index contributed by atoms with van der Waals surface area (Å²) >= 11 is 0. The second kappa shape index (κ2) is 9.42. The molecular formula is C29H24O4. The Bertz CT molecular complexity index is 1260. The molecule has 4 nitrogen and oxygen atoms in total. The third kappa shape index (κ3) is 5.47. The predicted octanol–water partition coefficient (Wildman–Crippen LogP) is 7.25. The lowest BCUT2D eigenvalue weighted by molar-refractivity contribution is 0.461. The second-order valence-corrected chi connectivity index (χ2v) is 8.13. The van der Waals surface area contributed by atoms with Crippen molar-refractivity contribution in [1.29, 1.82) is 0 Å². The molecule has 0 aliphatic rings. The average Bonchev–Trinajstić information content (AvgIpc) is 2.82. The average molecular weight is 437 g/mol. The van der Waals surface area contributed by atoms with Crippen molar-refractivity contribution in [2.75, 3.05) is 0 Å². The van der Waals surface area contributed by atoms with E-state index in [1.54, 1.807) is 24.3 Å². The Hall–Kier alpha value is -4.36. The molecule has 0 fully saturated rings. The van der Waals surface area contributed by atoms with E-state index in [9.17, 15) is 5.11 Å². The monoisotopic (exact) mass is 436 g/mol. The highest BCUT2D eigenvalue weighted by Crippen LogP contribution is 2.30. The molecular weight excluding hydrogens is 412 g/mol. The molecule has 0 aromatic heterocycles. The van der Waals surface area contributed by atoms with Crippen LogP contribution in [0.25, 0.3) is 11.1 Å². The van der Waals surface area contributed by atoms with E-state index in [-0.39, 0.29) is 5.75 Å². The summed E-state index contributed by atoms with van der Waals surface area (Å²) in [6.07, 6.45) is 2.02. The minimum atomic E-state index is -0.407. The van der Waals surface area contributed by atoms with Gasteiger partial charge in [0.15, 0.2) is 0 Å². The Labute approximate surface area is 193 Å². The number of rotatable bonds is 6. The minimum Gasteiger partial charge on any atom is -0.508 e. The van der Waals surface area contributed by atoms with Crippen LogP contribution in [0.15, 0.2) is 97.1 Å². The van der Waals surface area contributed by atoms with Crippen LogP contribution >= 0.6 is 0 Å². The Morgan fingerprint density at radius 2 is 0.939 bits per heavy atom. The second-order valence-electron chi connectivity index (χ2n) is 8.13. The van der Waals surface area contributed by atoms with Crippen LogP contribution in [0.1, 0.15) is 19.4 Å². The number of aliphatic hydroxyl groups is 1. The summed E-state index contributed by atoms with van der Waals surface area (Å²) in [6, 6.07) is 30.0. The number of aliphatic hydroxyl groups excluding tert-OH is 1. The molecule has 0 aliphatic carbocycles. The van der Waals surface area contributed by atoms with Crippen molar-refractivity contribution >= 4 is 0 Å². The largest absolute Gasteiger partial charge is 0.508 e. The van der Waals surface area contributed by atoms with Crippen molar-refractivity contribution in [3.8, 4) is 51.9 Å².